The van der Waals surface area contributed by atoms with E-state index in [-0.39, 0.29) is 5.91 Å². The standard InChI is InChI=1S/C24H26N2O2/c1-4-9-19-14-15-22(17(3)25-19)24(27)26-20-11-8-12-21(16-20)28-23-13-7-6-10-18(23)5-2/h6-8,10-16H,4-5,9H2,1-3H3,(H,26,27). The molecule has 1 amide bonds. The minimum atomic E-state index is -0.167. The van der Waals surface area contributed by atoms with Gasteiger partial charge in [-0.25, -0.2) is 0 Å². The highest BCUT2D eigenvalue weighted by Gasteiger charge is 2.12. The molecule has 1 aromatic heterocycles. The van der Waals surface area contributed by atoms with Crippen molar-refractivity contribution in [1.29, 1.82) is 0 Å². The molecule has 0 fully saturated rings. The van der Waals surface area contributed by atoms with Gasteiger partial charge in [-0.3, -0.25) is 9.78 Å². The molecule has 1 N–H and O–H groups in total. The van der Waals surface area contributed by atoms with Crippen molar-refractivity contribution >= 4 is 11.6 Å². The van der Waals surface area contributed by atoms with Crippen LogP contribution >= 0.6 is 0 Å². The predicted molar refractivity (Wildman–Crippen MR) is 113 cm³/mol. The molecule has 0 bridgehead atoms. The van der Waals surface area contributed by atoms with Crippen molar-refractivity contribution in [2.45, 2.75) is 40.0 Å². The van der Waals surface area contributed by atoms with Crippen molar-refractivity contribution < 1.29 is 9.53 Å². The second kappa shape index (κ2) is 9.18. The molecule has 144 valence electrons. The van der Waals surface area contributed by atoms with E-state index >= 15 is 0 Å². The SMILES string of the molecule is CCCc1ccc(C(=O)Nc2cccc(Oc3ccccc3CC)c2)c(C)n1. The average molecular weight is 374 g/mol. The van der Waals surface area contributed by atoms with Crippen molar-refractivity contribution in [1.82, 2.24) is 4.98 Å². The number of aromatic nitrogens is 1. The van der Waals surface area contributed by atoms with E-state index in [4.69, 9.17) is 4.74 Å². The number of ether oxygens (including phenoxy) is 1. The lowest BCUT2D eigenvalue weighted by molar-refractivity contribution is 0.102. The van der Waals surface area contributed by atoms with Gasteiger partial charge in [-0.15, -0.1) is 0 Å². The summed E-state index contributed by atoms with van der Waals surface area (Å²) in [5.74, 6) is 1.35. The third-order valence-corrected chi connectivity index (χ3v) is 4.57. The minimum Gasteiger partial charge on any atom is -0.457 e. The van der Waals surface area contributed by atoms with Gasteiger partial charge in [-0.1, -0.05) is 44.5 Å². The normalized spacial score (nSPS) is 10.5. The van der Waals surface area contributed by atoms with Gasteiger partial charge in [0.15, 0.2) is 0 Å². The van der Waals surface area contributed by atoms with Gasteiger partial charge in [0.05, 0.1) is 11.3 Å². The molecule has 0 spiro atoms. The lowest BCUT2D eigenvalue weighted by Crippen LogP contribution is -2.14. The monoisotopic (exact) mass is 374 g/mol. The molecule has 0 radical (unpaired) electrons. The van der Waals surface area contributed by atoms with Crippen LogP contribution in [-0.2, 0) is 12.8 Å². The predicted octanol–water partition coefficient (Wildman–Crippen LogP) is 5.95. The molecular weight excluding hydrogens is 348 g/mol. The van der Waals surface area contributed by atoms with Crippen molar-refractivity contribution in [2.24, 2.45) is 0 Å². The zero-order valence-corrected chi connectivity index (χ0v) is 16.7. The van der Waals surface area contributed by atoms with Gasteiger partial charge < -0.3 is 10.1 Å². The fourth-order valence-electron chi connectivity index (χ4n) is 3.11. The summed E-state index contributed by atoms with van der Waals surface area (Å²) in [6.45, 7) is 6.09. The molecule has 3 aromatic rings. The van der Waals surface area contributed by atoms with E-state index in [0.717, 1.165) is 42.0 Å². The first-order valence-electron chi connectivity index (χ1n) is 9.74. The maximum absolute atomic E-state index is 12.7. The number of amides is 1. The Kier molecular flexibility index (Phi) is 6.43. The van der Waals surface area contributed by atoms with Gasteiger partial charge in [-0.2, -0.15) is 0 Å². The number of rotatable bonds is 7. The molecule has 0 saturated carbocycles. The topological polar surface area (TPSA) is 51.2 Å². The molecule has 4 heteroatoms. The molecule has 0 aliphatic carbocycles. The number of hydrogen-bond donors (Lipinski definition) is 1. The zero-order valence-electron chi connectivity index (χ0n) is 16.7. The molecular formula is C24H26N2O2. The van der Waals surface area contributed by atoms with Crippen LogP contribution in [0.3, 0.4) is 0 Å². The van der Waals surface area contributed by atoms with Crippen molar-refractivity contribution in [3.05, 3.63) is 83.2 Å². The number of carbonyl (C=O) groups is 1. The zero-order chi connectivity index (χ0) is 19.9. The van der Waals surface area contributed by atoms with Crippen LogP contribution in [0.15, 0.2) is 60.7 Å². The third kappa shape index (κ3) is 4.77. The maximum Gasteiger partial charge on any atom is 0.257 e. The molecule has 0 saturated heterocycles. The van der Waals surface area contributed by atoms with Crippen LogP contribution in [0.2, 0.25) is 0 Å². The fourth-order valence-corrected chi connectivity index (χ4v) is 3.11. The van der Waals surface area contributed by atoms with Crippen LogP contribution < -0.4 is 10.1 Å². The number of carbonyl (C=O) groups excluding carboxylic acids is 1. The van der Waals surface area contributed by atoms with E-state index in [1.54, 1.807) is 0 Å². The number of para-hydroxylation sites is 1. The Balaban J connectivity index is 1.75. The van der Waals surface area contributed by atoms with E-state index in [9.17, 15) is 4.79 Å². The van der Waals surface area contributed by atoms with Crippen LogP contribution in [0.4, 0.5) is 5.69 Å². The number of pyridine rings is 1. The number of hydrogen-bond acceptors (Lipinski definition) is 3. The van der Waals surface area contributed by atoms with Crippen LogP contribution in [-0.4, -0.2) is 10.9 Å². The summed E-state index contributed by atoms with van der Waals surface area (Å²) < 4.78 is 6.03. The van der Waals surface area contributed by atoms with E-state index in [0.29, 0.717) is 17.0 Å². The van der Waals surface area contributed by atoms with E-state index in [1.165, 1.54) is 0 Å². The summed E-state index contributed by atoms with van der Waals surface area (Å²) in [5.41, 5.74) is 4.18. The summed E-state index contributed by atoms with van der Waals surface area (Å²) in [5, 5.41) is 2.95. The van der Waals surface area contributed by atoms with Gasteiger partial charge >= 0.3 is 0 Å². The minimum absolute atomic E-state index is 0.167. The average Bonchev–Trinajstić information content (AvgIpc) is 2.69. The Hall–Kier alpha value is -3.14. The maximum atomic E-state index is 12.7. The van der Waals surface area contributed by atoms with Crippen LogP contribution in [0, 0.1) is 6.92 Å². The summed E-state index contributed by atoms with van der Waals surface area (Å²) in [6.07, 6.45) is 2.85. The second-order valence-corrected chi connectivity index (χ2v) is 6.73. The smallest absolute Gasteiger partial charge is 0.257 e. The first-order chi connectivity index (χ1) is 13.6. The highest BCUT2D eigenvalue weighted by Crippen LogP contribution is 2.27. The van der Waals surface area contributed by atoms with Gasteiger partial charge in [0.25, 0.3) is 5.91 Å². The van der Waals surface area contributed by atoms with Gasteiger partial charge in [0, 0.05) is 17.4 Å². The molecule has 0 unspecified atom stereocenters. The lowest BCUT2D eigenvalue weighted by Gasteiger charge is -2.12. The Labute approximate surface area is 166 Å². The largest absolute Gasteiger partial charge is 0.457 e. The van der Waals surface area contributed by atoms with Crippen molar-refractivity contribution in [3.8, 4) is 11.5 Å². The number of anilines is 1. The first-order valence-corrected chi connectivity index (χ1v) is 9.74. The molecule has 28 heavy (non-hydrogen) atoms. The summed E-state index contributed by atoms with van der Waals surface area (Å²) in [4.78, 5) is 17.2. The van der Waals surface area contributed by atoms with E-state index in [1.807, 2.05) is 61.5 Å². The van der Waals surface area contributed by atoms with Gasteiger partial charge in [0.2, 0.25) is 0 Å². The third-order valence-electron chi connectivity index (χ3n) is 4.57. The van der Waals surface area contributed by atoms with Crippen molar-refractivity contribution in [3.63, 3.8) is 0 Å². The Bertz CT molecular complexity index is 966. The van der Waals surface area contributed by atoms with Crippen LogP contribution in [0.5, 0.6) is 11.5 Å². The van der Waals surface area contributed by atoms with Crippen LogP contribution in [0.25, 0.3) is 0 Å². The quantitative estimate of drug-likeness (QED) is 0.556. The molecule has 3 rings (SSSR count). The molecule has 4 nitrogen and oxygen atoms in total. The number of benzene rings is 2. The fraction of sp³-hybridized carbons (Fsp3) is 0.250. The summed E-state index contributed by atoms with van der Waals surface area (Å²) in [6, 6.07) is 19.2. The number of nitrogens with zero attached hydrogens (tertiary/aromatic N) is 1. The first kappa shape index (κ1) is 19.6. The van der Waals surface area contributed by atoms with Crippen LogP contribution in [0.1, 0.15) is 47.6 Å². The summed E-state index contributed by atoms with van der Waals surface area (Å²) >= 11 is 0. The number of nitrogens with one attached hydrogen (secondary N) is 1. The Morgan fingerprint density at radius 3 is 2.61 bits per heavy atom. The Morgan fingerprint density at radius 2 is 1.86 bits per heavy atom. The highest BCUT2D eigenvalue weighted by molar-refractivity contribution is 6.05. The second-order valence-electron chi connectivity index (χ2n) is 6.73. The molecule has 2 aromatic carbocycles. The molecule has 0 aliphatic heterocycles. The Morgan fingerprint density at radius 1 is 1.04 bits per heavy atom. The molecule has 0 aliphatic rings. The van der Waals surface area contributed by atoms with E-state index < -0.39 is 0 Å². The van der Waals surface area contributed by atoms with Gasteiger partial charge in [-0.05, 0) is 55.7 Å². The molecule has 1 heterocycles. The summed E-state index contributed by atoms with van der Waals surface area (Å²) in [7, 11) is 0. The number of aryl methyl sites for hydroxylation is 3. The highest BCUT2D eigenvalue weighted by atomic mass is 16.5. The van der Waals surface area contributed by atoms with Gasteiger partial charge in [0.1, 0.15) is 11.5 Å². The molecule has 0 atom stereocenters. The van der Waals surface area contributed by atoms with E-state index in [2.05, 4.69) is 30.2 Å². The lowest BCUT2D eigenvalue weighted by atomic mass is 10.1. The van der Waals surface area contributed by atoms with Crippen molar-refractivity contribution in [2.75, 3.05) is 5.32 Å².